The minimum atomic E-state index is -0.108. The third-order valence-electron chi connectivity index (χ3n) is 11.1. The lowest BCUT2D eigenvalue weighted by atomic mass is 9.81. The van der Waals surface area contributed by atoms with E-state index in [1.807, 2.05) is 6.07 Å². The van der Waals surface area contributed by atoms with Gasteiger partial charge in [-0.3, -0.25) is 0 Å². The second-order valence-corrected chi connectivity index (χ2v) is 14.6. The molecule has 252 valence electrons. The third-order valence-corrected chi connectivity index (χ3v) is 11.1. The molecule has 1 heterocycles. The van der Waals surface area contributed by atoms with Crippen molar-refractivity contribution < 1.29 is 4.42 Å². The zero-order chi connectivity index (χ0) is 35.5. The van der Waals surface area contributed by atoms with Crippen LogP contribution in [0.25, 0.3) is 66.4 Å². The zero-order valence-corrected chi connectivity index (χ0v) is 29.8. The quantitative estimate of drug-likeness (QED) is 0.174. The third kappa shape index (κ3) is 5.18. The van der Waals surface area contributed by atoms with E-state index in [2.05, 4.69) is 201 Å². The maximum absolute atomic E-state index is 6.55. The van der Waals surface area contributed by atoms with Gasteiger partial charge in [0.25, 0.3) is 0 Å². The fraction of sp³-hybridized carbons (Fsp3) is 0.0588. The number of nitrogens with zero attached hydrogens (tertiary/aromatic N) is 1. The van der Waals surface area contributed by atoms with Crippen LogP contribution in [0.5, 0.6) is 0 Å². The van der Waals surface area contributed by atoms with E-state index in [-0.39, 0.29) is 5.41 Å². The molecular formula is C51H37NO. The van der Waals surface area contributed by atoms with E-state index < -0.39 is 0 Å². The number of para-hydroxylation sites is 2. The summed E-state index contributed by atoms with van der Waals surface area (Å²) in [6.07, 6.45) is 0. The van der Waals surface area contributed by atoms with E-state index >= 15 is 0 Å². The van der Waals surface area contributed by atoms with Crippen molar-refractivity contribution in [3.8, 4) is 44.5 Å². The Bertz CT molecular complexity index is 2780. The average Bonchev–Trinajstić information content (AvgIpc) is 3.69. The largest absolute Gasteiger partial charge is 0.456 e. The lowest BCUT2D eigenvalue weighted by Crippen LogP contribution is -2.15. The first kappa shape index (κ1) is 31.1. The van der Waals surface area contributed by atoms with Crippen molar-refractivity contribution in [2.24, 2.45) is 0 Å². The standard InChI is InChI=1S/C51H37NO/c1-51(2)46-19-11-9-17-41(46)42-30-27-38(31-47(42)51)44-32-45-43-18-10-12-20-49(43)53-50(45)33-48(44)52(39-15-7-4-8-16-39)40-28-25-37(26-29-40)36-23-21-35(22-24-36)34-13-5-3-6-14-34/h3-33H,1-2H3. The molecule has 1 aliphatic carbocycles. The average molecular weight is 680 g/mol. The first-order valence-corrected chi connectivity index (χ1v) is 18.3. The molecular weight excluding hydrogens is 643 g/mol. The highest BCUT2D eigenvalue weighted by molar-refractivity contribution is 6.09. The maximum Gasteiger partial charge on any atom is 0.137 e. The summed E-state index contributed by atoms with van der Waals surface area (Å²) in [5.74, 6) is 0. The molecule has 8 aromatic carbocycles. The molecule has 0 bridgehead atoms. The van der Waals surface area contributed by atoms with Gasteiger partial charge in [0.15, 0.2) is 0 Å². The van der Waals surface area contributed by atoms with Crippen LogP contribution in [-0.2, 0) is 5.41 Å². The van der Waals surface area contributed by atoms with Crippen molar-refractivity contribution in [3.05, 3.63) is 199 Å². The van der Waals surface area contributed by atoms with Gasteiger partial charge in [-0.2, -0.15) is 0 Å². The molecule has 0 atom stereocenters. The van der Waals surface area contributed by atoms with E-state index in [9.17, 15) is 0 Å². The first-order valence-electron chi connectivity index (χ1n) is 18.3. The highest BCUT2D eigenvalue weighted by Gasteiger charge is 2.35. The second kappa shape index (κ2) is 12.3. The Balaban J connectivity index is 1.14. The van der Waals surface area contributed by atoms with Gasteiger partial charge in [-0.1, -0.05) is 153 Å². The normalized spacial score (nSPS) is 12.9. The fourth-order valence-electron chi connectivity index (χ4n) is 8.34. The summed E-state index contributed by atoms with van der Waals surface area (Å²) in [5, 5.41) is 2.24. The van der Waals surface area contributed by atoms with Crippen LogP contribution >= 0.6 is 0 Å². The van der Waals surface area contributed by atoms with Crippen molar-refractivity contribution in [1.82, 2.24) is 0 Å². The van der Waals surface area contributed by atoms with Crippen LogP contribution in [0.1, 0.15) is 25.0 Å². The van der Waals surface area contributed by atoms with Gasteiger partial charge in [-0.25, -0.2) is 0 Å². The van der Waals surface area contributed by atoms with Gasteiger partial charge in [0.2, 0.25) is 0 Å². The Hall–Kier alpha value is -6.64. The molecule has 0 aliphatic heterocycles. The van der Waals surface area contributed by atoms with Gasteiger partial charge >= 0.3 is 0 Å². The molecule has 0 amide bonds. The summed E-state index contributed by atoms with van der Waals surface area (Å²) < 4.78 is 6.55. The van der Waals surface area contributed by atoms with Crippen molar-refractivity contribution in [2.75, 3.05) is 4.90 Å². The summed E-state index contributed by atoms with van der Waals surface area (Å²) in [5.41, 5.74) is 17.4. The predicted octanol–water partition coefficient (Wildman–Crippen LogP) is 14.4. The van der Waals surface area contributed by atoms with Gasteiger partial charge in [0.05, 0.1) is 5.69 Å². The van der Waals surface area contributed by atoms with Crippen LogP contribution in [0.4, 0.5) is 17.1 Å². The number of hydrogen-bond acceptors (Lipinski definition) is 2. The Morgan fingerprint density at radius 1 is 0.377 bits per heavy atom. The smallest absolute Gasteiger partial charge is 0.137 e. The fourth-order valence-corrected chi connectivity index (χ4v) is 8.34. The van der Waals surface area contributed by atoms with E-state index in [0.29, 0.717) is 0 Å². The molecule has 53 heavy (non-hydrogen) atoms. The molecule has 0 N–H and O–H groups in total. The number of fused-ring (bicyclic) bond motifs is 6. The van der Waals surface area contributed by atoms with Crippen molar-refractivity contribution in [3.63, 3.8) is 0 Å². The molecule has 2 heteroatoms. The zero-order valence-electron chi connectivity index (χ0n) is 29.8. The monoisotopic (exact) mass is 679 g/mol. The second-order valence-electron chi connectivity index (χ2n) is 14.6. The summed E-state index contributed by atoms with van der Waals surface area (Å²) in [7, 11) is 0. The van der Waals surface area contributed by atoms with Crippen LogP contribution in [0, 0.1) is 0 Å². The molecule has 2 nitrogen and oxygen atoms in total. The summed E-state index contributed by atoms with van der Waals surface area (Å²) in [6.45, 7) is 4.70. The molecule has 0 radical (unpaired) electrons. The van der Waals surface area contributed by atoms with Crippen LogP contribution in [0.3, 0.4) is 0 Å². The van der Waals surface area contributed by atoms with Gasteiger partial charge in [-0.15, -0.1) is 0 Å². The number of benzene rings is 8. The lowest BCUT2D eigenvalue weighted by Gasteiger charge is -2.28. The van der Waals surface area contributed by atoms with Crippen molar-refractivity contribution >= 4 is 39.0 Å². The molecule has 9 aromatic rings. The topological polar surface area (TPSA) is 16.4 Å². The predicted molar refractivity (Wildman–Crippen MR) is 222 cm³/mol. The highest BCUT2D eigenvalue weighted by Crippen LogP contribution is 2.51. The van der Waals surface area contributed by atoms with E-state index in [1.165, 1.54) is 50.1 Å². The van der Waals surface area contributed by atoms with Gasteiger partial charge < -0.3 is 9.32 Å². The molecule has 0 spiro atoms. The summed E-state index contributed by atoms with van der Waals surface area (Å²) in [6, 6.07) is 67.8. The molecule has 0 fully saturated rings. The van der Waals surface area contributed by atoms with Crippen molar-refractivity contribution in [1.29, 1.82) is 0 Å². The maximum atomic E-state index is 6.55. The number of anilines is 3. The highest BCUT2D eigenvalue weighted by atomic mass is 16.3. The van der Waals surface area contributed by atoms with Crippen LogP contribution < -0.4 is 4.90 Å². The van der Waals surface area contributed by atoms with Gasteiger partial charge in [-0.05, 0) is 92.5 Å². The lowest BCUT2D eigenvalue weighted by molar-refractivity contribution is 0.660. The molecule has 1 aromatic heterocycles. The molecule has 0 unspecified atom stereocenters. The Labute approximate surface area is 310 Å². The van der Waals surface area contributed by atoms with E-state index in [1.54, 1.807) is 0 Å². The number of hydrogen-bond donors (Lipinski definition) is 0. The van der Waals surface area contributed by atoms with Crippen molar-refractivity contribution in [2.45, 2.75) is 19.3 Å². The Kier molecular flexibility index (Phi) is 7.19. The molecule has 10 rings (SSSR count). The first-order chi connectivity index (χ1) is 26.0. The number of rotatable bonds is 6. The summed E-state index contributed by atoms with van der Waals surface area (Å²) in [4.78, 5) is 2.37. The van der Waals surface area contributed by atoms with Crippen LogP contribution in [-0.4, -0.2) is 0 Å². The molecule has 0 saturated carbocycles. The minimum absolute atomic E-state index is 0.108. The minimum Gasteiger partial charge on any atom is -0.456 e. The van der Waals surface area contributed by atoms with Crippen LogP contribution in [0.2, 0.25) is 0 Å². The van der Waals surface area contributed by atoms with E-state index in [0.717, 1.165) is 44.6 Å². The Morgan fingerprint density at radius 2 is 0.925 bits per heavy atom. The molecule has 1 aliphatic rings. The van der Waals surface area contributed by atoms with Gasteiger partial charge in [0, 0.05) is 39.2 Å². The van der Waals surface area contributed by atoms with E-state index in [4.69, 9.17) is 4.42 Å². The molecule has 0 saturated heterocycles. The summed E-state index contributed by atoms with van der Waals surface area (Å²) >= 11 is 0. The van der Waals surface area contributed by atoms with Crippen LogP contribution in [0.15, 0.2) is 192 Å². The number of furan rings is 1. The van der Waals surface area contributed by atoms with Gasteiger partial charge in [0.1, 0.15) is 11.2 Å². The Morgan fingerprint density at radius 3 is 1.66 bits per heavy atom. The SMILES string of the molecule is CC1(C)c2ccccc2-c2ccc(-c3cc4c(cc3N(c3ccccc3)c3ccc(-c5ccc(-c6ccccc6)cc5)cc3)oc3ccccc34)cc21.